The smallest absolute Gasteiger partial charge is 0 e. The predicted molar refractivity (Wildman–Crippen MR) is 0 cm³/mol. The third kappa shape index (κ3) is 18.4. The van der Waals surface area contributed by atoms with Gasteiger partial charge in [0, 0.05) is 109 Å². The van der Waals surface area contributed by atoms with Gasteiger partial charge in [0.05, 0.1) is 0 Å². The van der Waals surface area contributed by atoms with Crippen molar-refractivity contribution in [2.45, 2.75) is 0 Å². The number of hydrogen-bond acceptors (Lipinski definition) is 0. The number of rotatable bonds is 0. The summed E-state index contributed by atoms with van der Waals surface area (Å²) in [5.74, 6) is 0. The normalized spacial score (nSPS) is 0. The molecule has 0 aromatic heterocycles. The standard InChI is InChI=1S/4Au.Zn. The van der Waals surface area contributed by atoms with E-state index < -0.39 is 0 Å². The van der Waals surface area contributed by atoms with Crippen molar-refractivity contribution in [2.75, 3.05) is 0 Å². The van der Waals surface area contributed by atoms with Crippen LogP contribution >= 0.6 is 0 Å². The summed E-state index contributed by atoms with van der Waals surface area (Å²) >= 11 is 0. The molecular formula is Au4Zn. The van der Waals surface area contributed by atoms with Crippen LogP contribution in [-0.4, -0.2) is 0 Å². The van der Waals surface area contributed by atoms with Gasteiger partial charge in [-0.25, -0.2) is 0 Å². The quantitative estimate of drug-likeness (QED) is 0.302. The van der Waals surface area contributed by atoms with Crippen molar-refractivity contribution in [1.29, 1.82) is 0 Å². The molecule has 0 saturated heterocycles. The van der Waals surface area contributed by atoms with E-state index in [4.69, 9.17) is 0 Å². The van der Waals surface area contributed by atoms with Gasteiger partial charge in [-0.05, 0) is 0 Å². The van der Waals surface area contributed by atoms with Gasteiger partial charge in [-0.3, -0.25) is 0 Å². The van der Waals surface area contributed by atoms with Gasteiger partial charge >= 0.3 is 0 Å². The van der Waals surface area contributed by atoms with Gasteiger partial charge < -0.3 is 0 Å². The zero-order valence-electron chi connectivity index (χ0n) is 1.91. The van der Waals surface area contributed by atoms with Gasteiger partial charge in [0.2, 0.25) is 0 Å². The molecule has 0 aliphatic carbocycles. The summed E-state index contributed by atoms with van der Waals surface area (Å²) in [6.45, 7) is 0. The molecule has 0 fully saturated rings. The molecule has 0 heterocycles. The first-order valence-corrected chi connectivity index (χ1v) is 0. The second-order valence-corrected chi connectivity index (χ2v) is 0. The van der Waals surface area contributed by atoms with E-state index in [1.54, 1.807) is 0 Å². The third-order valence-electron chi connectivity index (χ3n) is 0. The molecule has 0 aliphatic heterocycles. The van der Waals surface area contributed by atoms with Crippen LogP contribution in [0, 0.1) is 0 Å². The Morgan fingerprint density at radius 3 is 0.400 bits per heavy atom. The van der Waals surface area contributed by atoms with Crippen LogP contribution in [0.1, 0.15) is 0 Å². The van der Waals surface area contributed by atoms with Crippen molar-refractivity contribution in [3.63, 3.8) is 0 Å². The van der Waals surface area contributed by atoms with Crippen molar-refractivity contribution in [3.8, 4) is 0 Å². The molecule has 0 unspecified atom stereocenters. The van der Waals surface area contributed by atoms with E-state index in [0.29, 0.717) is 0 Å². The van der Waals surface area contributed by atoms with Crippen molar-refractivity contribution >= 4 is 0 Å². The van der Waals surface area contributed by atoms with Crippen LogP contribution in [0.2, 0.25) is 0 Å². The summed E-state index contributed by atoms with van der Waals surface area (Å²) in [5, 5.41) is 0. The minimum Gasteiger partial charge on any atom is 0 e. The molecule has 0 spiro atoms. The Labute approximate surface area is 107 Å². The van der Waals surface area contributed by atoms with E-state index in [-0.39, 0.29) is 109 Å². The maximum Gasteiger partial charge on any atom is 0 e. The largest absolute Gasteiger partial charge is 0 e. The molecule has 0 saturated carbocycles. The molecule has 0 N–H and O–H groups in total. The third-order valence-corrected chi connectivity index (χ3v) is 0. The maximum atomic E-state index is 0. The summed E-state index contributed by atoms with van der Waals surface area (Å²) < 4.78 is 0. The van der Waals surface area contributed by atoms with Crippen molar-refractivity contribution in [1.82, 2.24) is 0 Å². The van der Waals surface area contributed by atoms with Gasteiger partial charge in [-0.15, -0.1) is 0 Å². The van der Waals surface area contributed by atoms with Crippen molar-refractivity contribution in [3.05, 3.63) is 0 Å². The van der Waals surface area contributed by atoms with E-state index in [2.05, 4.69) is 0 Å². The average Bonchev–Trinajstić information content (AvgIpc) is 0. The summed E-state index contributed by atoms with van der Waals surface area (Å²) in [5.41, 5.74) is 0. The van der Waals surface area contributed by atoms with Gasteiger partial charge in [0.25, 0.3) is 0 Å². The first kappa shape index (κ1) is 38.4. The zero-order valence-corrected chi connectivity index (χ0v) is 13.5. The molecule has 5 heavy (non-hydrogen) atoms. The summed E-state index contributed by atoms with van der Waals surface area (Å²) in [6.07, 6.45) is 0. The Bertz CT molecular complexity index is 3.61. The SMILES string of the molecule is [Au].[Au].[Au].[Au].[Zn]. The molecule has 0 atom stereocenters. The van der Waals surface area contributed by atoms with Crippen LogP contribution in [-0.2, 0) is 109 Å². The Morgan fingerprint density at radius 2 is 0.400 bits per heavy atom. The molecule has 0 amide bonds. The average molecular weight is 853 g/mol. The first-order chi connectivity index (χ1) is 0. The molecule has 5 heteroatoms. The van der Waals surface area contributed by atoms with Gasteiger partial charge in [-0.2, -0.15) is 0 Å². The second kappa shape index (κ2) is 25.6. The van der Waals surface area contributed by atoms with Gasteiger partial charge in [0.15, 0.2) is 0 Å². The number of hydrogen-bond donors (Lipinski definition) is 0. The Hall–Kier alpha value is 3.58. The van der Waals surface area contributed by atoms with Crippen LogP contribution in [0.4, 0.5) is 0 Å². The Kier molecular flexibility index (Phi) is 197. The topological polar surface area (TPSA) is 0 Å². The molecule has 0 aliphatic rings. The van der Waals surface area contributed by atoms with E-state index in [1.807, 2.05) is 0 Å². The summed E-state index contributed by atoms with van der Waals surface area (Å²) in [7, 11) is 0. The Balaban J connectivity index is 0. The second-order valence-electron chi connectivity index (χ2n) is 0. The molecule has 0 bridgehead atoms. The van der Waals surface area contributed by atoms with Gasteiger partial charge in [-0.1, -0.05) is 0 Å². The summed E-state index contributed by atoms with van der Waals surface area (Å²) in [4.78, 5) is 0. The van der Waals surface area contributed by atoms with E-state index in [0.717, 1.165) is 0 Å². The molecule has 0 aromatic rings. The molecule has 0 nitrogen and oxygen atoms in total. The minimum absolute atomic E-state index is 0. The molecular weight excluding hydrogens is 853 g/mol. The molecule has 4 radical (unpaired) electrons. The van der Waals surface area contributed by atoms with Crippen LogP contribution in [0.5, 0.6) is 0 Å². The predicted octanol–water partition coefficient (Wildman–Crippen LogP) is -0.0125. The first-order valence-electron chi connectivity index (χ1n) is 0. The molecule has 46 valence electrons. The van der Waals surface area contributed by atoms with E-state index >= 15 is 0 Å². The van der Waals surface area contributed by atoms with Crippen LogP contribution in [0.3, 0.4) is 0 Å². The fraction of sp³-hybridized carbons (Fsp3) is 0. The van der Waals surface area contributed by atoms with Crippen LogP contribution in [0.15, 0.2) is 0 Å². The fourth-order valence-corrected chi connectivity index (χ4v) is 0. The van der Waals surface area contributed by atoms with E-state index in [9.17, 15) is 0 Å². The zero-order chi connectivity index (χ0) is 0. The van der Waals surface area contributed by atoms with Gasteiger partial charge in [0.1, 0.15) is 0 Å². The summed E-state index contributed by atoms with van der Waals surface area (Å²) in [6, 6.07) is 0. The van der Waals surface area contributed by atoms with Crippen LogP contribution in [0.25, 0.3) is 0 Å². The van der Waals surface area contributed by atoms with E-state index in [1.165, 1.54) is 0 Å². The monoisotopic (exact) mass is 852 g/mol. The molecule has 0 rings (SSSR count). The molecule has 0 aromatic carbocycles. The maximum absolute atomic E-state index is 0. The Morgan fingerprint density at radius 1 is 0.400 bits per heavy atom. The van der Waals surface area contributed by atoms with Crippen molar-refractivity contribution < 1.29 is 109 Å². The van der Waals surface area contributed by atoms with Crippen LogP contribution < -0.4 is 0 Å². The fourth-order valence-electron chi connectivity index (χ4n) is 0. The van der Waals surface area contributed by atoms with Crippen molar-refractivity contribution in [2.24, 2.45) is 0 Å². The minimum atomic E-state index is 0.